The second-order valence-corrected chi connectivity index (χ2v) is 3.64. The molecule has 0 saturated heterocycles. The molecule has 1 saturated carbocycles. The summed E-state index contributed by atoms with van der Waals surface area (Å²) < 4.78 is 0. The molecule has 13 heavy (non-hydrogen) atoms. The van der Waals surface area contributed by atoms with E-state index in [1.165, 1.54) is 12.8 Å². The molecule has 2 heteroatoms. The largest absolute Gasteiger partial charge is 0.394 e. The van der Waals surface area contributed by atoms with Gasteiger partial charge in [-0.1, -0.05) is 18.2 Å². The Morgan fingerprint density at radius 2 is 2.00 bits per heavy atom. The molecule has 1 aromatic carbocycles. The smallest absolute Gasteiger partial charge is 0.0635 e. The predicted octanol–water partition coefficient (Wildman–Crippen LogP) is 1.87. The van der Waals surface area contributed by atoms with E-state index in [-0.39, 0.29) is 12.6 Å². The highest BCUT2D eigenvalue weighted by molar-refractivity contribution is 5.43. The second-order valence-electron chi connectivity index (χ2n) is 3.64. The number of hydrogen-bond acceptors (Lipinski definition) is 2. The first-order valence-corrected chi connectivity index (χ1v) is 4.82. The Hall–Kier alpha value is -1.02. The molecule has 1 aromatic rings. The lowest BCUT2D eigenvalue weighted by Crippen LogP contribution is -2.25. The Bertz CT molecular complexity index is 256. The summed E-state index contributed by atoms with van der Waals surface area (Å²) in [5, 5.41) is 12.5. The molecular formula is C11H15NO. The second kappa shape index (κ2) is 3.79. The molecule has 0 aliphatic heterocycles. The first-order chi connectivity index (χ1) is 6.40. The van der Waals surface area contributed by atoms with Crippen molar-refractivity contribution in [2.45, 2.75) is 18.9 Å². The van der Waals surface area contributed by atoms with Gasteiger partial charge in [-0.25, -0.2) is 0 Å². The monoisotopic (exact) mass is 177 g/mol. The first-order valence-electron chi connectivity index (χ1n) is 4.82. The Balaban J connectivity index is 1.95. The molecule has 2 nitrogen and oxygen atoms in total. The lowest BCUT2D eigenvalue weighted by atomic mass is 10.2. The van der Waals surface area contributed by atoms with Crippen LogP contribution in [0.5, 0.6) is 0 Å². The summed E-state index contributed by atoms with van der Waals surface area (Å²) in [6.07, 6.45) is 2.51. The van der Waals surface area contributed by atoms with Gasteiger partial charge in [-0.3, -0.25) is 0 Å². The number of para-hydroxylation sites is 1. The summed E-state index contributed by atoms with van der Waals surface area (Å²) in [5.41, 5.74) is 1.11. The quantitative estimate of drug-likeness (QED) is 0.736. The molecule has 1 aliphatic carbocycles. The highest BCUT2D eigenvalue weighted by Crippen LogP contribution is 2.33. The molecule has 2 rings (SSSR count). The van der Waals surface area contributed by atoms with Crippen LogP contribution in [0.25, 0.3) is 0 Å². The van der Waals surface area contributed by atoms with Gasteiger partial charge in [0, 0.05) is 5.69 Å². The Labute approximate surface area is 78.6 Å². The van der Waals surface area contributed by atoms with Gasteiger partial charge in [0.15, 0.2) is 0 Å². The number of aliphatic hydroxyl groups is 1. The van der Waals surface area contributed by atoms with Gasteiger partial charge >= 0.3 is 0 Å². The van der Waals surface area contributed by atoms with E-state index in [1.54, 1.807) is 0 Å². The summed E-state index contributed by atoms with van der Waals surface area (Å²) in [7, 11) is 0. The van der Waals surface area contributed by atoms with Gasteiger partial charge in [-0.2, -0.15) is 0 Å². The Morgan fingerprint density at radius 3 is 2.54 bits per heavy atom. The van der Waals surface area contributed by atoms with Crippen LogP contribution >= 0.6 is 0 Å². The zero-order valence-corrected chi connectivity index (χ0v) is 7.61. The van der Waals surface area contributed by atoms with Gasteiger partial charge in [0.1, 0.15) is 0 Å². The number of hydrogen-bond donors (Lipinski definition) is 2. The van der Waals surface area contributed by atoms with E-state index in [0.29, 0.717) is 5.92 Å². The molecule has 1 aliphatic rings. The SMILES string of the molecule is OCC(Nc1ccccc1)C1CC1. The molecule has 70 valence electrons. The summed E-state index contributed by atoms with van der Waals surface area (Å²) in [4.78, 5) is 0. The van der Waals surface area contributed by atoms with Crippen LogP contribution in [-0.2, 0) is 0 Å². The van der Waals surface area contributed by atoms with Crippen molar-refractivity contribution in [1.29, 1.82) is 0 Å². The Morgan fingerprint density at radius 1 is 1.31 bits per heavy atom. The van der Waals surface area contributed by atoms with Crippen molar-refractivity contribution in [3.8, 4) is 0 Å². The van der Waals surface area contributed by atoms with Crippen LogP contribution in [0, 0.1) is 5.92 Å². The fourth-order valence-electron chi connectivity index (χ4n) is 1.56. The molecule has 0 amide bonds. The van der Waals surface area contributed by atoms with Crippen LogP contribution in [0.1, 0.15) is 12.8 Å². The molecule has 0 bridgehead atoms. The molecule has 1 atom stereocenters. The van der Waals surface area contributed by atoms with Gasteiger partial charge in [0.25, 0.3) is 0 Å². The minimum absolute atomic E-state index is 0.236. The minimum Gasteiger partial charge on any atom is -0.394 e. The fraction of sp³-hybridized carbons (Fsp3) is 0.455. The summed E-state index contributed by atoms with van der Waals surface area (Å²) in [6.45, 7) is 0.236. The van der Waals surface area contributed by atoms with Crippen LogP contribution in [0.4, 0.5) is 5.69 Å². The van der Waals surface area contributed by atoms with E-state index in [0.717, 1.165) is 5.69 Å². The van der Waals surface area contributed by atoms with Crippen LogP contribution in [-0.4, -0.2) is 17.8 Å². The maximum absolute atomic E-state index is 9.14. The van der Waals surface area contributed by atoms with E-state index in [9.17, 15) is 0 Å². The van der Waals surface area contributed by atoms with Gasteiger partial charge in [-0.15, -0.1) is 0 Å². The van der Waals surface area contributed by atoms with E-state index in [1.807, 2.05) is 30.3 Å². The maximum Gasteiger partial charge on any atom is 0.0635 e. The average Bonchev–Trinajstić information content (AvgIpc) is 2.99. The van der Waals surface area contributed by atoms with E-state index < -0.39 is 0 Å². The van der Waals surface area contributed by atoms with Gasteiger partial charge < -0.3 is 10.4 Å². The van der Waals surface area contributed by atoms with Gasteiger partial charge in [0.05, 0.1) is 12.6 Å². The topological polar surface area (TPSA) is 32.3 Å². The zero-order chi connectivity index (χ0) is 9.10. The first kappa shape index (κ1) is 8.57. The number of nitrogens with one attached hydrogen (secondary N) is 1. The van der Waals surface area contributed by atoms with Crippen molar-refractivity contribution in [2.75, 3.05) is 11.9 Å². The Kier molecular flexibility index (Phi) is 2.50. The van der Waals surface area contributed by atoms with Crippen molar-refractivity contribution < 1.29 is 5.11 Å². The molecule has 0 spiro atoms. The third-order valence-electron chi connectivity index (χ3n) is 2.51. The number of aliphatic hydroxyl groups excluding tert-OH is 1. The molecule has 0 radical (unpaired) electrons. The van der Waals surface area contributed by atoms with E-state index >= 15 is 0 Å². The highest BCUT2D eigenvalue weighted by atomic mass is 16.3. The lowest BCUT2D eigenvalue weighted by molar-refractivity contribution is 0.263. The number of anilines is 1. The van der Waals surface area contributed by atoms with Crippen molar-refractivity contribution in [1.82, 2.24) is 0 Å². The van der Waals surface area contributed by atoms with Crippen LogP contribution < -0.4 is 5.32 Å². The lowest BCUT2D eigenvalue weighted by Gasteiger charge is -2.16. The third kappa shape index (κ3) is 2.22. The fourth-order valence-corrected chi connectivity index (χ4v) is 1.56. The standard InChI is InChI=1S/C11H15NO/c13-8-11(9-6-7-9)12-10-4-2-1-3-5-10/h1-5,9,11-13H,6-8H2. The summed E-state index contributed by atoms with van der Waals surface area (Å²) in [5.74, 6) is 0.685. The van der Waals surface area contributed by atoms with Crippen molar-refractivity contribution >= 4 is 5.69 Å². The van der Waals surface area contributed by atoms with Gasteiger partial charge in [0.2, 0.25) is 0 Å². The molecule has 0 aromatic heterocycles. The van der Waals surface area contributed by atoms with Crippen LogP contribution in [0.2, 0.25) is 0 Å². The molecule has 1 unspecified atom stereocenters. The van der Waals surface area contributed by atoms with E-state index in [2.05, 4.69) is 5.32 Å². The maximum atomic E-state index is 9.14. The van der Waals surface area contributed by atoms with Crippen molar-refractivity contribution in [3.63, 3.8) is 0 Å². The molecule has 1 fully saturated rings. The normalized spacial score (nSPS) is 18.2. The van der Waals surface area contributed by atoms with Crippen LogP contribution in [0.15, 0.2) is 30.3 Å². The number of rotatable bonds is 4. The average molecular weight is 177 g/mol. The molecule has 2 N–H and O–H groups in total. The molecule has 0 heterocycles. The van der Waals surface area contributed by atoms with E-state index in [4.69, 9.17) is 5.11 Å². The highest BCUT2D eigenvalue weighted by Gasteiger charge is 2.30. The number of benzene rings is 1. The predicted molar refractivity (Wildman–Crippen MR) is 53.7 cm³/mol. The molecular weight excluding hydrogens is 162 g/mol. The summed E-state index contributed by atoms with van der Waals surface area (Å²) >= 11 is 0. The minimum atomic E-state index is 0.236. The van der Waals surface area contributed by atoms with Gasteiger partial charge in [-0.05, 0) is 30.9 Å². The van der Waals surface area contributed by atoms with Crippen LogP contribution in [0.3, 0.4) is 0 Å². The zero-order valence-electron chi connectivity index (χ0n) is 7.61. The summed E-state index contributed by atoms with van der Waals surface area (Å²) in [6, 6.07) is 10.3. The third-order valence-corrected chi connectivity index (χ3v) is 2.51. The van der Waals surface area contributed by atoms with Crippen molar-refractivity contribution in [2.24, 2.45) is 5.92 Å². The van der Waals surface area contributed by atoms with Crippen molar-refractivity contribution in [3.05, 3.63) is 30.3 Å².